The van der Waals surface area contributed by atoms with Crippen molar-refractivity contribution in [3.63, 3.8) is 0 Å². The van der Waals surface area contributed by atoms with Crippen molar-refractivity contribution in [1.29, 1.82) is 0 Å². The molecule has 1 aromatic heterocycles. The second kappa shape index (κ2) is 3.17. The maximum Gasteiger partial charge on any atom is 0.162 e. The summed E-state index contributed by atoms with van der Waals surface area (Å²) in [5.41, 5.74) is 0.899. The van der Waals surface area contributed by atoms with E-state index in [1.165, 1.54) is 11.3 Å². The van der Waals surface area contributed by atoms with E-state index in [1.807, 2.05) is 34.3 Å². The third-order valence-electron chi connectivity index (χ3n) is 0.904. The van der Waals surface area contributed by atoms with Gasteiger partial charge in [0.05, 0.1) is 33.4 Å². The molecule has 9 heavy (non-hydrogen) atoms. The Kier molecular flexibility index (Phi) is 2.47. The van der Waals surface area contributed by atoms with Crippen molar-refractivity contribution in [3.8, 4) is 0 Å². The molecule has 0 saturated heterocycles. The Labute approximate surface area is 70.8 Å². The van der Waals surface area contributed by atoms with Crippen molar-refractivity contribution in [3.05, 3.63) is 16.3 Å². The highest BCUT2D eigenvalue weighted by molar-refractivity contribution is 14.1. The van der Waals surface area contributed by atoms with Gasteiger partial charge in [-0.3, -0.25) is 4.79 Å². The van der Waals surface area contributed by atoms with Gasteiger partial charge in [0.25, 0.3) is 0 Å². The smallest absolute Gasteiger partial charge is 0.162 e. The Bertz CT molecular complexity index is 210. The molecular weight excluding hydrogens is 249 g/mol. The van der Waals surface area contributed by atoms with E-state index >= 15 is 0 Å². The molecule has 0 aromatic carbocycles. The van der Waals surface area contributed by atoms with Gasteiger partial charge in [0.2, 0.25) is 0 Å². The van der Waals surface area contributed by atoms with Gasteiger partial charge in [-0.2, -0.15) is 0 Å². The lowest BCUT2D eigenvalue weighted by molar-refractivity contribution is 0.112. The van der Waals surface area contributed by atoms with Gasteiger partial charge in [-0.05, 0) is 11.4 Å². The van der Waals surface area contributed by atoms with Crippen molar-refractivity contribution in [2.24, 2.45) is 0 Å². The zero-order valence-electron chi connectivity index (χ0n) is 4.43. The SMILES string of the molecule is O=Cc1sccc1NI. The minimum Gasteiger partial charge on any atom is -0.327 e. The molecule has 0 unspecified atom stereocenters. The first-order valence-corrected chi connectivity index (χ1v) is 4.23. The van der Waals surface area contributed by atoms with E-state index in [4.69, 9.17) is 0 Å². The molecule has 0 aliphatic carbocycles. The maximum absolute atomic E-state index is 10.2. The summed E-state index contributed by atoms with van der Waals surface area (Å²) in [4.78, 5) is 11.0. The fraction of sp³-hybridized carbons (Fsp3) is 0. The van der Waals surface area contributed by atoms with Gasteiger partial charge in [-0.25, -0.2) is 0 Å². The summed E-state index contributed by atoms with van der Waals surface area (Å²) in [6.45, 7) is 0. The fourth-order valence-electron chi connectivity index (χ4n) is 0.490. The highest BCUT2D eigenvalue weighted by Gasteiger charge is 1.98. The number of carbonyl (C=O) groups excluding carboxylic acids is 1. The van der Waals surface area contributed by atoms with Crippen molar-refractivity contribution in [1.82, 2.24) is 0 Å². The molecule has 0 fully saturated rings. The molecule has 0 amide bonds. The molecule has 0 saturated carbocycles. The van der Waals surface area contributed by atoms with E-state index in [0.717, 1.165) is 16.9 Å². The van der Waals surface area contributed by atoms with Crippen LogP contribution in [0.4, 0.5) is 5.69 Å². The molecule has 0 aliphatic rings. The summed E-state index contributed by atoms with van der Waals surface area (Å²) < 4.78 is 2.88. The molecule has 1 aromatic rings. The van der Waals surface area contributed by atoms with Crippen LogP contribution < -0.4 is 3.53 Å². The number of carbonyl (C=O) groups is 1. The Hall–Kier alpha value is -0.100. The van der Waals surface area contributed by atoms with Gasteiger partial charge in [0.1, 0.15) is 0 Å². The van der Waals surface area contributed by atoms with E-state index in [-0.39, 0.29) is 0 Å². The van der Waals surface area contributed by atoms with E-state index in [1.54, 1.807) is 0 Å². The molecule has 0 aliphatic heterocycles. The summed E-state index contributed by atoms with van der Waals surface area (Å²) in [5, 5.41) is 1.88. The highest BCUT2D eigenvalue weighted by atomic mass is 127. The minimum absolute atomic E-state index is 0.754. The van der Waals surface area contributed by atoms with E-state index < -0.39 is 0 Å². The Morgan fingerprint density at radius 1 is 1.78 bits per heavy atom. The van der Waals surface area contributed by atoms with Gasteiger partial charge in [-0.15, -0.1) is 11.3 Å². The monoisotopic (exact) mass is 253 g/mol. The molecule has 1 rings (SSSR count). The van der Waals surface area contributed by atoms with E-state index in [0.29, 0.717) is 0 Å². The standard InChI is InChI=1S/C5H4INOS/c6-7-4-1-2-9-5(4)3-8/h1-3,7H. The largest absolute Gasteiger partial charge is 0.327 e. The average Bonchev–Trinajstić information content (AvgIpc) is 2.33. The summed E-state index contributed by atoms with van der Waals surface area (Å²) in [7, 11) is 0. The summed E-state index contributed by atoms with van der Waals surface area (Å²) in [5.74, 6) is 0. The Morgan fingerprint density at radius 2 is 2.56 bits per heavy atom. The normalized spacial score (nSPS) is 9.00. The summed E-state index contributed by atoms with van der Waals surface area (Å²) in [6.07, 6.45) is 0.853. The van der Waals surface area contributed by atoms with Crippen LogP contribution in [0.5, 0.6) is 0 Å². The Morgan fingerprint density at radius 3 is 3.00 bits per heavy atom. The third-order valence-corrected chi connectivity index (χ3v) is 2.33. The van der Waals surface area contributed by atoms with Crippen LogP contribution in [0.2, 0.25) is 0 Å². The molecule has 48 valence electrons. The topological polar surface area (TPSA) is 29.1 Å². The molecule has 4 heteroatoms. The van der Waals surface area contributed by atoms with Crippen molar-refractivity contribution >= 4 is 46.2 Å². The third kappa shape index (κ3) is 1.42. The molecule has 1 heterocycles. The van der Waals surface area contributed by atoms with Gasteiger partial charge >= 0.3 is 0 Å². The quantitative estimate of drug-likeness (QED) is 0.498. The minimum atomic E-state index is 0.754. The highest BCUT2D eigenvalue weighted by Crippen LogP contribution is 2.20. The number of aldehydes is 1. The lowest BCUT2D eigenvalue weighted by atomic mass is 10.4. The molecule has 0 spiro atoms. The molecule has 0 atom stereocenters. The molecule has 2 nitrogen and oxygen atoms in total. The second-order valence-electron chi connectivity index (χ2n) is 1.41. The van der Waals surface area contributed by atoms with Crippen LogP contribution in [0.15, 0.2) is 11.4 Å². The number of thiophene rings is 1. The van der Waals surface area contributed by atoms with E-state index in [9.17, 15) is 4.79 Å². The lowest BCUT2D eigenvalue weighted by Crippen LogP contribution is -1.79. The van der Waals surface area contributed by atoms with Crippen LogP contribution in [0.25, 0.3) is 0 Å². The first-order valence-electron chi connectivity index (χ1n) is 2.28. The number of anilines is 1. The van der Waals surface area contributed by atoms with Crippen LogP contribution in [0.3, 0.4) is 0 Å². The molecular formula is C5H4INOS. The number of hydrogen-bond acceptors (Lipinski definition) is 3. The van der Waals surface area contributed by atoms with Crippen LogP contribution in [-0.4, -0.2) is 6.29 Å². The first-order chi connectivity index (χ1) is 4.38. The van der Waals surface area contributed by atoms with Crippen LogP contribution in [-0.2, 0) is 0 Å². The van der Waals surface area contributed by atoms with Crippen LogP contribution in [0.1, 0.15) is 9.67 Å². The lowest BCUT2D eigenvalue weighted by Gasteiger charge is -1.89. The van der Waals surface area contributed by atoms with Crippen molar-refractivity contribution < 1.29 is 4.79 Å². The average molecular weight is 253 g/mol. The number of hydrogen-bond donors (Lipinski definition) is 1. The van der Waals surface area contributed by atoms with E-state index in [2.05, 4.69) is 3.53 Å². The molecule has 0 bridgehead atoms. The van der Waals surface area contributed by atoms with Crippen molar-refractivity contribution in [2.75, 3.05) is 3.53 Å². The van der Waals surface area contributed by atoms with Crippen LogP contribution >= 0.6 is 34.2 Å². The number of nitrogens with one attached hydrogen (secondary N) is 1. The van der Waals surface area contributed by atoms with Gasteiger partial charge in [0.15, 0.2) is 6.29 Å². The summed E-state index contributed by atoms with van der Waals surface area (Å²) in [6, 6.07) is 1.88. The van der Waals surface area contributed by atoms with Crippen LogP contribution in [0, 0.1) is 0 Å². The Balaban J connectivity index is 2.98. The first kappa shape index (κ1) is 7.01. The fourth-order valence-corrected chi connectivity index (χ4v) is 1.80. The van der Waals surface area contributed by atoms with Crippen molar-refractivity contribution in [2.45, 2.75) is 0 Å². The second-order valence-corrected chi connectivity index (χ2v) is 2.90. The van der Waals surface area contributed by atoms with Gasteiger partial charge in [0, 0.05) is 0 Å². The van der Waals surface area contributed by atoms with Gasteiger partial charge in [-0.1, -0.05) is 0 Å². The maximum atomic E-state index is 10.2. The zero-order valence-corrected chi connectivity index (χ0v) is 7.40. The predicted octanol–water partition coefficient (Wildman–Crippen LogP) is 2.32. The van der Waals surface area contributed by atoms with Gasteiger partial charge < -0.3 is 3.53 Å². The number of rotatable bonds is 2. The summed E-state index contributed by atoms with van der Waals surface area (Å²) >= 11 is 3.44. The molecule has 0 radical (unpaired) electrons. The number of halogens is 1. The molecule has 1 N–H and O–H groups in total. The predicted molar refractivity (Wildman–Crippen MR) is 47.3 cm³/mol. The zero-order chi connectivity index (χ0) is 6.69.